The second kappa shape index (κ2) is 17.9. The minimum Gasteiger partial charge on any atom is -0.496 e. The van der Waals surface area contributed by atoms with E-state index in [1.54, 1.807) is 7.11 Å². The summed E-state index contributed by atoms with van der Waals surface area (Å²) in [5.41, 5.74) is 16.7. The molecule has 13 aromatic carbocycles. The molecular formula is C77H48N6O. The van der Waals surface area contributed by atoms with Crippen molar-refractivity contribution in [1.82, 2.24) is 28.2 Å². The summed E-state index contributed by atoms with van der Waals surface area (Å²) < 4.78 is 16.0. The Hall–Kier alpha value is -11.3. The Morgan fingerprint density at radius 2 is 0.655 bits per heavy atom. The van der Waals surface area contributed by atoms with Crippen LogP contribution in [-0.2, 0) is 0 Å². The van der Waals surface area contributed by atoms with E-state index in [0.29, 0.717) is 11.6 Å². The van der Waals surface area contributed by atoms with Crippen LogP contribution in [-0.4, -0.2) is 35.3 Å². The molecule has 0 spiro atoms. The van der Waals surface area contributed by atoms with Gasteiger partial charge >= 0.3 is 0 Å². The van der Waals surface area contributed by atoms with Gasteiger partial charge in [0.15, 0.2) is 5.82 Å². The normalized spacial score (nSPS) is 12.1. The molecule has 7 nitrogen and oxygen atoms in total. The van der Waals surface area contributed by atoms with Crippen LogP contribution in [0.3, 0.4) is 0 Å². The van der Waals surface area contributed by atoms with Crippen molar-refractivity contribution in [2.45, 2.75) is 0 Å². The van der Waals surface area contributed by atoms with Gasteiger partial charge in [-0.25, -0.2) is 9.97 Å². The molecule has 18 rings (SSSR count). The average Bonchev–Trinajstić information content (AvgIpc) is 2.57. The van der Waals surface area contributed by atoms with Gasteiger partial charge in [-0.1, -0.05) is 182 Å². The van der Waals surface area contributed by atoms with Gasteiger partial charge < -0.3 is 23.0 Å². The maximum Gasteiger partial charge on any atom is 0.164 e. The zero-order valence-electron chi connectivity index (χ0n) is 45.6. The van der Waals surface area contributed by atoms with E-state index in [9.17, 15) is 0 Å². The summed E-state index contributed by atoms with van der Waals surface area (Å²) in [5.74, 6) is 1.30. The summed E-state index contributed by atoms with van der Waals surface area (Å²) in [6, 6.07) is 99.3. The third-order valence-electron chi connectivity index (χ3n) is 17.6. The highest BCUT2D eigenvalue weighted by molar-refractivity contribution is 6.16. The van der Waals surface area contributed by atoms with E-state index in [-0.39, 0.29) is 0 Å². The third-order valence-corrected chi connectivity index (χ3v) is 17.6. The Bertz CT molecular complexity index is 5460. The molecule has 0 saturated heterocycles. The number of hydrogen-bond donors (Lipinski definition) is 0. The van der Waals surface area contributed by atoms with Crippen molar-refractivity contribution in [1.29, 1.82) is 0 Å². The van der Waals surface area contributed by atoms with Crippen LogP contribution in [0.5, 0.6) is 5.75 Å². The van der Waals surface area contributed by atoms with Gasteiger partial charge in [-0.3, -0.25) is 0 Å². The molecule has 84 heavy (non-hydrogen) atoms. The van der Waals surface area contributed by atoms with E-state index in [0.717, 1.165) is 116 Å². The molecule has 18 aromatic rings. The molecule has 0 amide bonds. The van der Waals surface area contributed by atoms with Gasteiger partial charge in [0.2, 0.25) is 0 Å². The Kier molecular flexibility index (Phi) is 9.88. The van der Waals surface area contributed by atoms with Gasteiger partial charge in [0.25, 0.3) is 0 Å². The lowest BCUT2D eigenvalue weighted by molar-refractivity contribution is 0.416. The first-order valence-electron chi connectivity index (χ1n) is 28.6. The highest BCUT2D eigenvalue weighted by Gasteiger charge is 2.24. The smallest absolute Gasteiger partial charge is 0.164 e. The first kappa shape index (κ1) is 46.5. The first-order valence-corrected chi connectivity index (χ1v) is 28.6. The number of benzene rings is 13. The van der Waals surface area contributed by atoms with Crippen molar-refractivity contribution in [2.75, 3.05) is 7.11 Å². The van der Waals surface area contributed by atoms with Crippen LogP contribution in [0.25, 0.3) is 165 Å². The molecule has 0 saturated carbocycles. The standard InChI is InChI=1S/C77H48N6O/c1-84-73-41-35-48-19-3-5-21-55(48)75(73)77-78-64-40-34-47-18-2-4-20-54(47)74(64)76(79-77)49-42-52(82-69-32-16-10-26-60(69)62-38-36-50(45-71(62)82)80-65-28-12-6-22-56(65)57-23-7-13-29-66(57)80)44-53(43-49)83-70-33-17-11-27-61(70)63-39-37-51(46-72(63)83)81-67-30-14-8-24-58(67)59-25-9-15-31-68(59)81/h2-46H,1H3. The molecule has 392 valence electrons. The highest BCUT2D eigenvalue weighted by Crippen LogP contribution is 2.45. The van der Waals surface area contributed by atoms with Gasteiger partial charge in [-0.05, 0) is 113 Å². The summed E-state index contributed by atoms with van der Waals surface area (Å²) in [4.78, 5) is 11.3. The molecule has 0 atom stereocenters. The van der Waals surface area contributed by atoms with Gasteiger partial charge in [-0.2, -0.15) is 0 Å². The van der Waals surface area contributed by atoms with Gasteiger partial charge in [0.05, 0.1) is 68.0 Å². The van der Waals surface area contributed by atoms with E-state index < -0.39 is 0 Å². The lowest BCUT2D eigenvalue weighted by Crippen LogP contribution is -2.03. The number of ether oxygens (including phenoxy) is 1. The van der Waals surface area contributed by atoms with E-state index in [1.165, 1.54) is 43.1 Å². The predicted octanol–water partition coefficient (Wildman–Crippen LogP) is 19.7. The number of methoxy groups -OCH3 is 1. The second-order valence-corrected chi connectivity index (χ2v) is 22.0. The van der Waals surface area contributed by atoms with E-state index in [4.69, 9.17) is 14.7 Å². The number of aromatic nitrogens is 6. The number of rotatable bonds is 7. The SMILES string of the molecule is COc1ccc2ccccc2c1-c1nc(-c2cc(-n3c4ccccc4c4ccc(-n5c6ccccc6c6ccccc65)cc43)cc(-n3c4ccccc4c4ccc(-n5c6ccccc6c6ccccc65)cc43)c2)c2c(ccc3ccccc32)n1. The molecular weight excluding hydrogens is 1020 g/mol. The van der Waals surface area contributed by atoms with Crippen molar-refractivity contribution in [3.05, 3.63) is 273 Å². The second-order valence-electron chi connectivity index (χ2n) is 22.0. The molecule has 0 fully saturated rings. The lowest BCUT2D eigenvalue weighted by Gasteiger charge is -2.18. The average molecular weight is 1070 g/mol. The monoisotopic (exact) mass is 1070 g/mol. The number of para-hydroxylation sites is 6. The van der Waals surface area contributed by atoms with Crippen LogP contribution in [0.4, 0.5) is 0 Å². The van der Waals surface area contributed by atoms with Crippen LogP contribution >= 0.6 is 0 Å². The van der Waals surface area contributed by atoms with E-state index >= 15 is 0 Å². The Morgan fingerprint density at radius 3 is 1.11 bits per heavy atom. The molecule has 0 N–H and O–H groups in total. The molecule has 0 bridgehead atoms. The molecule has 0 aliphatic heterocycles. The minimum atomic E-state index is 0.591. The first-order chi connectivity index (χ1) is 41.6. The minimum absolute atomic E-state index is 0.591. The van der Waals surface area contributed by atoms with Gasteiger partial charge in [0, 0.05) is 76.8 Å². The maximum atomic E-state index is 6.21. The number of fused-ring (bicyclic) bond motifs is 16. The lowest BCUT2D eigenvalue weighted by atomic mass is 9.98. The topological polar surface area (TPSA) is 54.7 Å². The fourth-order valence-corrected chi connectivity index (χ4v) is 14.0. The van der Waals surface area contributed by atoms with E-state index in [2.05, 4.69) is 285 Å². The highest BCUT2D eigenvalue weighted by atomic mass is 16.5. The molecule has 0 aliphatic rings. The zero-order valence-corrected chi connectivity index (χ0v) is 45.6. The third kappa shape index (κ3) is 6.69. The molecule has 5 aromatic heterocycles. The van der Waals surface area contributed by atoms with Crippen LogP contribution in [0.1, 0.15) is 0 Å². The summed E-state index contributed by atoms with van der Waals surface area (Å²) in [5, 5.41) is 14.8. The van der Waals surface area contributed by atoms with Crippen LogP contribution < -0.4 is 4.74 Å². The fraction of sp³-hybridized carbons (Fsp3) is 0.0130. The Morgan fingerprint density at radius 1 is 0.286 bits per heavy atom. The molecule has 0 unspecified atom stereocenters. The fourth-order valence-electron chi connectivity index (χ4n) is 14.0. The maximum absolute atomic E-state index is 6.21. The Labute approximate surface area is 481 Å². The van der Waals surface area contributed by atoms with Gasteiger partial charge in [-0.15, -0.1) is 0 Å². The van der Waals surface area contributed by atoms with Crippen LogP contribution in [0.2, 0.25) is 0 Å². The van der Waals surface area contributed by atoms with Crippen LogP contribution in [0.15, 0.2) is 273 Å². The predicted molar refractivity (Wildman–Crippen MR) is 349 cm³/mol. The largest absolute Gasteiger partial charge is 0.496 e. The van der Waals surface area contributed by atoms with Crippen molar-refractivity contribution >= 4 is 120 Å². The molecule has 0 radical (unpaired) electrons. The summed E-state index contributed by atoms with van der Waals surface area (Å²) in [6.45, 7) is 0. The van der Waals surface area contributed by atoms with Crippen molar-refractivity contribution in [3.8, 4) is 51.1 Å². The molecule has 5 heterocycles. The van der Waals surface area contributed by atoms with Crippen molar-refractivity contribution < 1.29 is 4.74 Å². The molecule has 0 aliphatic carbocycles. The Balaban J connectivity index is 0.980. The summed E-state index contributed by atoms with van der Waals surface area (Å²) >= 11 is 0. The van der Waals surface area contributed by atoms with Crippen LogP contribution in [0, 0.1) is 0 Å². The molecule has 7 heteroatoms. The summed E-state index contributed by atoms with van der Waals surface area (Å²) in [6.07, 6.45) is 0. The quantitative estimate of drug-likeness (QED) is 0.149. The summed E-state index contributed by atoms with van der Waals surface area (Å²) in [7, 11) is 1.73. The zero-order chi connectivity index (χ0) is 55.1. The van der Waals surface area contributed by atoms with Crippen molar-refractivity contribution in [3.63, 3.8) is 0 Å². The van der Waals surface area contributed by atoms with Crippen molar-refractivity contribution in [2.24, 2.45) is 0 Å². The van der Waals surface area contributed by atoms with Gasteiger partial charge in [0.1, 0.15) is 5.75 Å². The number of hydrogen-bond acceptors (Lipinski definition) is 3. The number of nitrogens with zero attached hydrogens (tertiary/aromatic N) is 6. The van der Waals surface area contributed by atoms with E-state index in [1.807, 2.05) is 6.07 Å².